The number of hydrogen-bond acceptors (Lipinski definition) is 2. The number of nitriles is 1. The molecule has 0 amide bonds. The quantitative estimate of drug-likeness (QED) is 0.813. The average molecular weight is 262 g/mol. The maximum absolute atomic E-state index is 13.2. The second-order valence-electron chi connectivity index (χ2n) is 6.03. The SMILES string of the molecule is CC(C)CC(C#N)(CC(C)C)Nc1cccc(F)c1. The minimum absolute atomic E-state index is 0.286. The molecule has 2 nitrogen and oxygen atoms in total. The van der Waals surface area contributed by atoms with Gasteiger partial charge in [0.2, 0.25) is 0 Å². The fourth-order valence-electron chi connectivity index (χ4n) is 2.54. The van der Waals surface area contributed by atoms with Gasteiger partial charge in [0.25, 0.3) is 0 Å². The van der Waals surface area contributed by atoms with Crippen molar-refractivity contribution >= 4 is 5.69 Å². The van der Waals surface area contributed by atoms with Gasteiger partial charge in [-0.2, -0.15) is 5.26 Å². The van der Waals surface area contributed by atoms with Gasteiger partial charge >= 0.3 is 0 Å². The summed E-state index contributed by atoms with van der Waals surface area (Å²) in [6.07, 6.45) is 1.50. The number of benzene rings is 1. The molecule has 0 unspecified atom stereocenters. The Morgan fingerprint density at radius 2 is 1.79 bits per heavy atom. The summed E-state index contributed by atoms with van der Waals surface area (Å²) < 4.78 is 13.2. The molecule has 1 N–H and O–H groups in total. The molecular weight excluding hydrogens is 239 g/mol. The Morgan fingerprint density at radius 3 is 2.21 bits per heavy atom. The van der Waals surface area contributed by atoms with Gasteiger partial charge < -0.3 is 5.32 Å². The molecule has 0 aliphatic rings. The summed E-state index contributed by atoms with van der Waals surface area (Å²) >= 11 is 0. The molecule has 1 rings (SSSR count). The molecule has 0 atom stereocenters. The normalized spacial score (nSPS) is 11.7. The Labute approximate surface area is 115 Å². The van der Waals surface area contributed by atoms with Gasteiger partial charge in [0.1, 0.15) is 11.4 Å². The van der Waals surface area contributed by atoms with Crippen LogP contribution in [0.3, 0.4) is 0 Å². The van der Waals surface area contributed by atoms with E-state index in [1.54, 1.807) is 12.1 Å². The molecule has 1 aromatic rings. The maximum atomic E-state index is 13.2. The molecule has 104 valence electrons. The fourth-order valence-corrected chi connectivity index (χ4v) is 2.54. The largest absolute Gasteiger partial charge is 0.367 e. The molecule has 0 aromatic heterocycles. The van der Waals surface area contributed by atoms with Crippen molar-refractivity contribution in [2.24, 2.45) is 11.8 Å². The third-order valence-electron chi connectivity index (χ3n) is 2.94. The van der Waals surface area contributed by atoms with E-state index in [9.17, 15) is 9.65 Å². The first-order valence-electron chi connectivity index (χ1n) is 6.82. The van der Waals surface area contributed by atoms with Crippen LogP contribution in [0.1, 0.15) is 40.5 Å². The summed E-state index contributed by atoms with van der Waals surface area (Å²) in [6.45, 7) is 8.39. The zero-order valence-corrected chi connectivity index (χ0v) is 12.2. The Balaban J connectivity index is 2.99. The van der Waals surface area contributed by atoms with Crippen LogP contribution >= 0.6 is 0 Å². The number of anilines is 1. The highest BCUT2D eigenvalue weighted by Crippen LogP contribution is 2.29. The lowest BCUT2D eigenvalue weighted by Crippen LogP contribution is -2.39. The number of rotatable bonds is 6. The topological polar surface area (TPSA) is 35.8 Å². The first-order valence-corrected chi connectivity index (χ1v) is 6.82. The van der Waals surface area contributed by atoms with Crippen LogP contribution in [-0.4, -0.2) is 5.54 Å². The van der Waals surface area contributed by atoms with Gasteiger partial charge in [-0.05, 0) is 42.9 Å². The lowest BCUT2D eigenvalue weighted by molar-refractivity contribution is 0.375. The minimum atomic E-state index is -0.629. The first-order chi connectivity index (χ1) is 8.87. The second-order valence-corrected chi connectivity index (χ2v) is 6.03. The van der Waals surface area contributed by atoms with Gasteiger partial charge in [0.15, 0.2) is 0 Å². The summed E-state index contributed by atoms with van der Waals surface area (Å²) in [5.74, 6) is 0.518. The van der Waals surface area contributed by atoms with Crippen LogP contribution in [-0.2, 0) is 0 Å². The van der Waals surface area contributed by atoms with Gasteiger partial charge in [-0.3, -0.25) is 0 Å². The first kappa shape index (κ1) is 15.5. The van der Waals surface area contributed by atoms with Crippen LogP contribution in [0.25, 0.3) is 0 Å². The summed E-state index contributed by atoms with van der Waals surface area (Å²) in [6, 6.07) is 8.72. The monoisotopic (exact) mass is 262 g/mol. The van der Waals surface area contributed by atoms with E-state index in [1.165, 1.54) is 12.1 Å². The van der Waals surface area contributed by atoms with Crippen LogP contribution in [0.15, 0.2) is 24.3 Å². The van der Waals surface area contributed by atoms with Crippen molar-refractivity contribution < 1.29 is 4.39 Å². The van der Waals surface area contributed by atoms with Crippen molar-refractivity contribution in [3.63, 3.8) is 0 Å². The molecule has 0 saturated carbocycles. The molecule has 0 bridgehead atoms. The smallest absolute Gasteiger partial charge is 0.125 e. The second kappa shape index (κ2) is 6.56. The van der Waals surface area contributed by atoms with Gasteiger partial charge in [0, 0.05) is 5.69 Å². The maximum Gasteiger partial charge on any atom is 0.125 e. The van der Waals surface area contributed by atoms with Crippen molar-refractivity contribution in [1.82, 2.24) is 0 Å². The van der Waals surface area contributed by atoms with Gasteiger partial charge in [-0.1, -0.05) is 33.8 Å². The molecule has 19 heavy (non-hydrogen) atoms. The van der Waals surface area contributed by atoms with E-state index in [1.807, 2.05) is 0 Å². The molecule has 1 aromatic carbocycles. The highest BCUT2D eigenvalue weighted by molar-refractivity contribution is 5.48. The summed E-state index contributed by atoms with van der Waals surface area (Å²) in [5, 5.41) is 12.8. The zero-order chi connectivity index (χ0) is 14.5. The van der Waals surface area contributed by atoms with Crippen molar-refractivity contribution in [2.75, 3.05) is 5.32 Å². The molecule has 0 radical (unpaired) electrons. The predicted octanol–water partition coefficient (Wildman–Crippen LogP) is 4.59. The minimum Gasteiger partial charge on any atom is -0.367 e. The summed E-state index contributed by atoms with van der Waals surface area (Å²) in [7, 11) is 0. The lowest BCUT2D eigenvalue weighted by Gasteiger charge is -2.32. The molecule has 0 heterocycles. The zero-order valence-electron chi connectivity index (χ0n) is 12.2. The standard InChI is InChI=1S/C16H23FN2/c1-12(2)9-16(11-18,10-13(3)4)19-15-7-5-6-14(17)8-15/h5-8,12-13,19H,9-10H2,1-4H3. The molecule has 0 aliphatic heterocycles. The van der Waals surface area contributed by atoms with Crippen LogP contribution in [0.2, 0.25) is 0 Å². The van der Waals surface area contributed by atoms with Gasteiger partial charge in [-0.25, -0.2) is 4.39 Å². The van der Waals surface area contributed by atoms with Crippen molar-refractivity contribution in [1.29, 1.82) is 5.26 Å². The van der Waals surface area contributed by atoms with Crippen LogP contribution in [0, 0.1) is 29.0 Å². The average Bonchev–Trinajstić information content (AvgIpc) is 2.26. The van der Waals surface area contributed by atoms with E-state index in [4.69, 9.17) is 0 Å². The highest BCUT2D eigenvalue weighted by atomic mass is 19.1. The van der Waals surface area contributed by atoms with E-state index in [2.05, 4.69) is 39.1 Å². The number of halogens is 1. The fraction of sp³-hybridized carbons (Fsp3) is 0.562. The van der Waals surface area contributed by atoms with Crippen molar-refractivity contribution in [3.05, 3.63) is 30.1 Å². The van der Waals surface area contributed by atoms with Crippen LogP contribution in [0.4, 0.5) is 10.1 Å². The predicted molar refractivity (Wildman–Crippen MR) is 77.3 cm³/mol. The van der Waals surface area contributed by atoms with Crippen LogP contribution in [0.5, 0.6) is 0 Å². The third kappa shape index (κ3) is 4.90. The van der Waals surface area contributed by atoms with Crippen LogP contribution < -0.4 is 5.32 Å². The summed E-state index contributed by atoms with van der Waals surface area (Å²) in [4.78, 5) is 0. The molecule has 0 fully saturated rings. The lowest BCUT2D eigenvalue weighted by atomic mass is 9.82. The van der Waals surface area contributed by atoms with E-state index in [-0.39, 0.29) is 5.82 Å². The van der Waals surface area contributed by atoms with Gasteiger partial charge in [0.05, 0.1) is 6.07 Å². The Kier molecular flexibility index (Phi) is 5.35. The molecule has 0 aliphatic carbocycles. The Hall–Kier alpha value is -1.56. The molecule has 0 saturated heterocycles. The van der Waals surface area contributed by atoms with Crippen molar-refractivity contribution in [3.8, 4) is 6.07 Å². The Bertz CT molecular complexity index is 436. The number of nitrogens with one attached hydrogen (secondary N) is 1. The number of nitrogens with zero attached hydrogens (tertiary/aromatic N) is 1. The molecule has 0 spiro atoms. The van der Waals surface area contributed by atoms with Gasteiger partial charge in [-0.15, -0.1) is 0 Å². The molecule has 3 heteroatoms. The van der Waals surface area contributed by atoms with Crippen molar-refractivity contribution in [2.45, 2.75) is 46.1 Å². The van der Waals surface area contributed by atoms with E-state index >= 15 is 0 Å². The Morgan fingerprint density at radius 1 is 1.21 bits per heavy atom. The van der Waals surface area contributed by atoms with E-state index in [0.29, 0.717) is 17.5 Å². The van der Waals surface area contributed by atoms with E-state index < -0.39 is 5.54 Å². The molecular formula is C16H23FN2. The summed E-state index contributed by atoms with van der Waals surface area (Å²) in [5.41, 5.74) is 0.0405. The number of hydrogen-bond donors (Lipinski definition) is 1. The third-order valence-corrected chi connectivity index (χ3v) is 2.94. The highest BCUT2D eigenvalue weighted by Gasteiger charge is 2.31. The van der Waals surface area contributed by atoms with E-state index in [0.717, 1.165) is 12.8 Å².